The zero-order valence-electron chi connectivity index (χ0n) is 13.0. The Bertz CT molecular complexity index is 502. The first-order valence-corrected chi connectivity index (χ1v) is 8.12. The number of nitrogens with zero attached hydrogens (tertiary/aromatic N) is 3. The van der Waals surface area contributed by atoms with Crippen LogP contribution < -0.4 is 5.32 Å². The minimum Gasteiger partial charge on any atom is -0.444 e. The Hall–Kier alpha value is -1.11. The zero-order chi connectivity index (χ0) is 15.6. The van der Waals surface area contributed by atoms with Crippen molar-refractivity contribution < 1.29 is 9.53 Å². The number of alkyl carbamates (subject to hydrolysis) is 1. The molecule has 0 spiro atoms. The standard InChI is InChI=1S/C14H23BrN4O2/c1-9-12(15)17-18-19(9)11-7-5-10(6-8-11)16-13(20)21-14(2,3)4/h10-11H,5-8H2,1-4H3,(H,16,20). The first-order chi connectivity index (χ1) is 9.76. The van der Waals surface area contributed by atoms with Gasteiger partial charge in [-0.05, 0) is 69.3 Å². The molecule has 7 heteroatoms. The summed E-state index contributed by atoms with van der Waals surface area (Å²) in [5, 5.41) is 11.2. The van der Waals surface area contributed by atoms with Crippen LogP contribution in [-0.2, 0) is 4.74 Å². The van der Waals surface area contributed by atoms with Crippen molar-refractivity contribution in [2.75, 3.05) is 0 Å². The second kappa shape index (κ2) is 6.34. The third kappa shape index (κ3) is 4.43. The lowest BCUT2D eigenvalue weighted by molar-refractivity contribution is 0.0487. The van der Waals surface area contributed by atoms with Crippen LogP contribution in [0, 0.1) is 6.92 Å². The number of carbonyl (C=O) groups excluding carboxylic acids is 1. The smallest absolute Gasteiger partial charge is 0.407 e. The molecule has 21 heavy (non-hydrogen) atoms. The van der Waals surface area contributed by atoms with Gasteiger partial charge in [-0.15, -0.1) is 5.10 Å². The Morgan fingerprint density at radius 2 is 1.95 bits per heavy atom. The molecule has 1 aliphatic carbocycles. The van der Waals surface area contributed by atoms with Crippen LogP contribution >= 0.6 is 15.9 Å². The fraction of sp³-hybridized carbons (Fsp3) is 0.786. The number of hydrogen-bond donors (Lipinski definition) is 1. The van der Waals surface area contributed by atoms with E-state index in [1.807, 2.05) is 32.4 Å². The molecule has 1 aliphatic rings. The highest BCUT2D eigenvalue weighted by Crippen LogP contribution is 2.30. The van der Waals surface area contributed by atoms with E-state index in [1.54, 1.807) is 0 Å². The predicted octanol–water partition coefficient (Wildman–Crippen LogP) is 3.36. The van der Waals surface area contributed by atoms with Crippen molar-refractivity contribution in [1.82, 2.24) is 20.3 Å². The Kier molecular flexibility index (Phi) is 4.91. The number of hydrogen-bond acceptors (Lipinski definition) is 4. The van der Waals surface area contributed by atoms with Gasteiger partial charge >= 0.3 is 6.09 Å². The summed E-state index contributed by atoms with van der Waals surface area (Å²) in [5.41, 5.74) is 0.601. The van der Waals surface area contributed by atoms with E-state index >= 15 is 0 Å². The van der Waals surface area contributed by atoms with Gasteiger partial charge in [0.2, 0.25) is 0 Å². The predicted molar refractivity (Wildman–Crippen MR) is 83.1 cm³/mol. The highest BCUT2D eigenvalue weighted by molar-refractivity contribution is 9.10. The van der Waals surface area contributed by atoms with Crippen molar-refractivity contribution in [1.29, 1.82) is 0 Å². The first kappa shape index (κ1) is 16.3. The van der Waals surface area contributed by atoms with E-state index in [0.29, 0.717) is 6.04 Å². The molecule has 0 atom stereocenters. The van der Waals surface area contributed by atoms with Gasteiger partial charge < -0.3 is 10.1 Å². The largest absolute Gasteiger partial charge is 0.444 e. The van der Waals surface area contributed by atoms with Crippen LogP contribution in [0.3, 0.4) is 0 Å². The van der Waals surface area contributed by atoms with Crippen molar-refractivity contribution >= 4 is 22.0 Å². The van der Waals surface area contributed by atoms with E-state index in [0.717, 1.165) is 36.0 Å². The van der Waals surface area contributed by atoms with Crippen LogP contribution in [0.4, 0.5) is 4.79 Å². The molecule has 0 radical (unpaired) electrons. The molecule has 6 nitrogen and oxygen atoms in total. The van der Waals surface area contributed by atoms with E-state index < -0.39 is 5.60 Å². The van der Waals surface area contributed by atoms with Gasteiger partial charge in [0.25, 0.3) is 0 Å². The van der Waals surface area contributed by atoms with Crippen LogP contribution in [0.5, 0.6) is 0 Å². The molecule has 0 bridgehead atoms. The van der Waals surface area contributed by atoms with E-state index in [1.165, 1.54) is 0 Å². The average molecular weight is 359 g/mol. The zero-order valence-corrected chi connectivity index (χ0v) is 14.6. The average Bonchev–Trinajstić information content (AvgIpc) is 2.69. The fourth-order valence-corrected chi connectivity index (χ4v) is 2.86. The van der Waals surface area contributed by atoms with E-state index in [4.69, 9.17) is 4.74 Å². The molecule has 1 amide bonds. The van der Waals surface area contributed by atoms with Gasteiger partial charge in [-0.3, -0.25) is 0 Å². The topological polar surface area (TPSA) is 69.0 Å². The van der Waals surface area contributed by atoms with Crippen LogP contribution in [0.2, 0.25) is 0 Å². The number of amides is 1. The maximum atomic E-state index is 11.8. The Morgan fingerprint density at radius 1 is 1.33 bits per heavy atom. The third-order valence-electron chi connectivity index (χ3n) is 3.63. The van der Waals surface area contributed by atoms with E-state index in [-0.39, 0.29) is 12.1 Å². The van der Waals surface area contributed by atoms with Gasteiger partial charge in [-0.2, -0.15) is 0 Å². The lowest BCUT2D eigenvalue weighted by atomic mass is 9.91. The summed E-state index contributed by atoms with van der Waals surface area (Å²) < 4.78 is 8.07. The van der Waals surface area contributed by atoms with Crippen LogP contribution in [0.1, 0.15) is 58.2 Å². The monoisotopic (exact) mass is 358 g/mol. The van der Waals surface area contributed by atoms with Crippen molar-refractivity contribution in [2.24, 2.45) is 0 Å². The Balaban J connectivity index is 1.83. The molecular formula is C14H23BrN4O2. The number of nitrogens with one attached hydrogen (secondary N) is 1. The highest BCUT2D eigenvalue weighted by atomic mass is 79.9. The summed E-state index contributed by atoms with van der Waals surface area (Å²) >= 11 is 3.39. The molecule has 1 aromatic heterocycles. The summed E-state index contributed by atoms with van der Waals surface area (Å²) in [7, 11) is 0. The second-order valence-corrected chi connectivity index (χ2v) is 7.31. The maximum absolute atomic E-state index is 11.8. The summed E-state index contributed by atoms with van der Waals surface area (Å²) in [5.74, 6) is 0. The lowest BCUT2D eigenvalue weighted by Crippen LogP contribution is -2.41. The molecule has 118 valence electrons. The fourth-order valence-electron chi connectivity index (χ4n) is 2.61. The van der Waals surface area contributed by atoms with Gasteiger partial charge in [0.05, 0.1) is 11.7 Å². The number of aromatic nitrogens is 3. The Morgan fingerprint density at radius 3 is 2.43 bits per heavy atom. The molecule has 1 N–H and O–H groups in total. The molecule has 1 aromatic rings. The molecule has 1 fully saturated rings. The molecule has 1 saturated carbocycles. The summed E-state index contributed by atoms with van der Waals surface area (Å²) in [6.07, 6.45) is 3.50. The minimum atomic E-state index is -0.453. The van der Waals surface area contributed by atoms with E-state index in [2.05, 4.69) is 31.6 Å². The second-order valence-electron chi connectivity index (χ2n) is 6.56. The minimum absolute atomic E-state index is 0.184. The third-order valence-corrected chi connectivity index (χ3v) is 4.37. The maximum Gasteiger partial charge on any atom is 0.407 e. The molecule has 1 heterocycles. The van der Waals surface area contributed by atoms with Gasteiger partial charge in [-0.25, -0.2) is 9.48 Å². The lowest BCUT2D eigenvalue weighted by Gasteiger charge is -2.30. The molecule has 0 aliphatic heterocycles. The first-order valence-electron chi connectivity index (χ1n) is 7.33. The van der Waals surface area contributed by atoms with Crippen LogP contribution in [-0.4, -0.2) is 32.7 Å². The summed E-state index contributed by atoms with van der Waals surface area (Å²) in [6, 6.07) is 0.545. The number of rotatable bonds is 2. The van der Waals surface area contributed by atoms with Gasteiger partial charge in [-0.1, -0.05) is 5.21 Å². The Labute approximate surface area is 133 Å². The molecule has 0 unspecified atom stereocenters. The van der Waals surface area contributed by atoms with Crippen LogP contribution in [0.15, 0.2) is 4.60 Å². The summed E-state index contributed by atoms with van der Waals surface area (Å²) in [6.45, 7) is 7.62. The van der Waals surface area contributed by atoms with Crippen molar-refractivity contribution in [3.05, 3.63) is 10.3 Å². The quantitative estimate of drug-likeness (QED) is 0.879. The van der Waals surface area contributed by atoms with Crippen molar-refractivity contribution in [3.8, 4) is 0 Å². The van der Waals surface area contributed by atoms with Crippen molar-refractivity contribution in [2.45, 2.75) is 71.1 Å². The number of ether oxygens (including phenoxy) is 1. The molecule has 0 aromatic carbocycles. The van der Waals surface area contributed by atoms with Gasteiger partial charge in [0.15, 0.2) is 4.60 Å². The van der Waals surface area contributed by atoms with E-state index in [9.17, 15) is 4.79 Å². The molecule has 0 saturated heterocycles. The van der Waals surface area contributed by atoms with Crippen molar-refractivity contribution in [3.63, 3.8) is 0 Å². The molecular weight excluding hydrogens is 336 g/mol. The van der Waals surface area contributed by atoms with Crippen LogP contribution in [0.25, 0.3) is 0 Å². The SMILES string of the molecule is Cc1c(Br)nnn1C1CCC(NC(=O)OC(C)(C)C)CC1. The molecule has 2 rings (SSSR count). The van der Waals surface area contributed by atoms with Gasteiger partial charge in [0, 0.05) is 6.04 Å². The normalized spacial score (nSPS) is 22.9. The summed E-state index contributed by atoms with van der Waals surface area (Å²) in [4.78, 5) is 11.8. The highest BCUT2D eigenvalue weighted by Gasteiger charge is 2.27. The number of carbonyl (C=O) groups is 1. The number of halogens is 1. The van der Waals surface area contributed by atoms with Gasteiger partial charge in [0.1, 0.15) is 5.60 Å².